The minimum atomic E-state index is -0.765. The quantitative estimate of drug-likeness (QED) is 0.818. The number of benzene rings is 1. The van der Waals surface area contributed by atoms with E-state index in [4.69, 9.17) is 33.4 Å². The van der Waals surface area contributed by atoms with Gasteiger partial charge in [0.1, 0.15) is 0 Å². The third-order valence-corrected chi connectivity index (χ3v) is 2.27. The first-order valence-electron chi connectivity index (χ1n) is 3.86. The van der Waals surface area contributed by atoms with Crippen molar-refractivity contribution in [2.75, 3.05) is 6.61 Å². The molecule has 0 aliphatic heterocycles. The van der Waals surface area contributed by atoms with Gasteiger partial charge in [-0.3, -0.25) is 0 Å². The molecule has 1 unspecified atom stereocenters. The Kier molecular flexibility index (Phi) is 4.00. The van der Waals surface area contributed by atoms with Crippen molar-refractivity contribution >= 4 is 23.2 Å². The van der Waals surface area contributed by atoms with E-state index in [0.717, 1.165) is 5.56 Å². The van der Waals surface area contributed by atoms with Crippen LogP contribution in [0.5, 0.6) is 0 Å². The standard InChI is InChI=1S/C9H10Cl2O2/c10-7-2-1-6(9(11)4-7)3-8(13)5-12/h1-2,4,8,12-13H,3,5H2. The lowest BCUT2D eigenvalue weighted by molar-refractivity contribution is 0.0955. The first-order chi connectivity index (χ1) is 6.13. The molecule has 1 aromatic carbocycles. The van der Waals surface area contributed by atoms with Crippen LogP contribution in [0.15, 0.2) is 18.2 Å². The van der Waals surface area contributed by atoms with Gasteiger partial charge in [-0.2, -0.15) is 0 Å². The molecule has 2 nitrogen and oxygen atoms in total. The lowest BCUT2D eigenvalue weighted by Gasteiger charge is -2.08. The van der Waals surface area contributed by atoms with E-state index in [1.165, 1.54) is 0 Å². The first-order valence-corrected chi connectivity index (χ1v) is 4.62. The Hall–Kier alpha value is -0.280. The van der Waals surface area contributed by atoms with Crippen molar-refractivity contribution in [2.24, 2.45) is 0 Å². The zero-order valence-corrected chi connectivity index (χ0v) is 8.39. The monoisotopic (exact) mass is 220 g/mol. The van der Waals surface area contributed by atoms with Crippen molar-refractivity contribution in [2.45, 2.75) is 12.5 Å². The molecule has 72 valence electrons. The number of aliphatic hydroxyl groups is 2. The molecule has 0 saturated carbocycles. The smallest absolute Gasteiger partial charge is 0.0811 e. The Balaban J connectivity index is 2.77. The van der Waals surface area contributed by atoms with Crippen LogP contribution in [0, 0.1) is 0 Å². The SMILES string of the molecule is OCC(O)Cc1ccc(Cl)cc1Cl. The highest BCUT2D eigenvalue weighted by atomic mass is 35.5. The molecule has 2 N–H and O–H groups in total. The van der Waals surface area contributed by atoms with Gasteiger partial charge in [0.15, 0.2) is 0 Å². The van der Waals surface area contributed by atoms with Crippen molar-refractivity contribution in [1.82, 2.24) is 0 Å². The average molecular weight is 221 g/mol. The topological polar surface area (TPSA) is 40.5 Å². The number of rotatable bonds is 3. The van der Waals surface area contributed by atoms with E-state index in [2.05, 4.69) is 0 Å². The van der Waals surface area contributed by atoms with Crippen molar-refractivity contribution in [3.63, 3.8) is 0 Å². The third kappa shape index (κ3) is 3.16. The van der Waals surface area contributed by atoms with Crippen molar-refractivity contribution in [3.05, 3.63) is 33.8 Å². The molecule has 0 amide bonds. The van der Waals surface area contributed by atoms with Gasteiger partial charge in [-0.1, -0.05) is 29.3 Å². The van der Waals surface area contributed by atoms with Crippen molar-refractivity contribution in [1.29, 1.82) is 0 Å². The average Bonchev–Trinajstić information content (AvgIpc) is 2.09. The number of hydrogen-bond donors (Lipinski definition) is 2. The molecule has 0 saturated heterocycles. The molecule has 0 fully saturated rings. The fourth-order valence-corrected chi connectivity index (χ4v) is 1.49. The van der Waals surface area contributed by atoms with E-state index in [-0.39, 0.29) is 6.61 Å². The van der Waals surface area contributed by atoms with Gasteiger partial charge in [-0.05, 0) is 17.7 Å². The van der Waals surface area contributed by atoms with Gasteiger partial charge in [0.2, 0.25) is 0 Å². The summed E-state index contributed by atoms with van der Waals surface area (Å²) in [5.74, 6) is 0. The normalized spacial score (nSPS) is 12.9. The molecule has 13 heavy (non-hydrogen) atoms. The van der Waals surface area contributed by atoms with Crippen molar-refractivity contribution < 1.29 is 10.2 Å². The zero-order valence-electron chi connectivity index (χ0n) is 6.87. The molecule has 4 heteroatoms. The molecular formula is C9H10Cl2O2. The van der Waals surface area contributed by atoms with Gasteiger partial charge in [0.25, 0.3) is 0 Å². The fraction of sp³-hybridized carbons (Fsp3) is 0.333. The van der Waals surface area contributed by atoms with Gasteiger partial charge in [0, 0.05) is 16.5 Å². The van der Waals surface area contributed by atoms with Gasteiger partial charge < -0.3 is 10.2 Å². The Labute approximate surface area is 86.7 Å². The highest BCUT2D eigenvalue weighted by Crippen LogP contribution is 2.21. The summed E-state index contributed by atoms with van der Waals surface area (Å²) >= 11 is 11.5. The number of hydrogen-bond acceptors (Lipinski definition) is 2. The molecule has 1 atom stereocenters. The van der Waals surface area contributed by atoms with Crippen LogP contribution in [-0.2, 0) is 6.42 Å². The molecule has 0 aromatic heterocycles. The van der Waals surface area contributed by atoms with E-state index in [0.29, 0.717) is 16.5 Å². The van der Waals surface area contributed by atoms with Crippen LogP contribution >= 0.6 is 23.2 Å². The summed E-state index contributed by atoms with van der Waals surface area (Å²) in [6.45, 7) is -0.265. The first kappa shape index (κ1) is 10.8. The van der Waals surface area contributed by atoms with Crippen LogP contribution in [0.2, 0.25) is 10.0 Å². The van der Waals surface area contributed by atoms with Crippen LogP contribution in [0.1, 0.15) is 5.56 Å². The van der Waals surface area contributed by atoms with Crippen molar-refractivity contribution in [3.8, 4) is 0 Å². The Morgan fingerprint density at radius 3 is 2.54 bits per heavy atom. The summed E-state index contributed by atoms with van der Waals surface area (Å²) in [4.78, 5) is 0. The maximum absolute atomic E-state index is 9.16. The maximum atomic E-state index is 9.16. The predicted octanol–water partition coefficient (Wildman–Crippen LogP) is 1.89. The van der Waals surface area contributed by atoms with Gasteiger partial charge in [-0.25, -0.2) is 0 Å². The Bertz CT molecular complexity index is 289. The molecular weight excluding hydrogens is 211 g/mol. The highest BCUT2D eigenvalue weighted by Gasteiger charge is 2.07. The molecule has 0 aliphatic carbocycles. The van der Waals surface area contributed by atoms with E-state index in [1.807, 2.05) is 0 Å². The van der Waals surface area contributed by atoms with Crippen LogP contribution < -0.4 is 0 Å². The van der Waals surface area contributed by atoms with Gasteiger partial charge in [-0.15, -0.1) is 0 Å². The van der Waals surface area contributed by atoms with E-state index in [1.54, 1.807) is 18.2 Å². The highest BCUT2D eigenvalue weighted by molar-refractivity contribution is 6.35. The van der Waals surface area contributed by atoms with E-state index >= 15 is 0 Å². The van der Waals surface area contributed by atoms with Gasteiger partial charge in [0.05, 0.1) is 12.7 Å². The largest absolute Gasteiger partial charge is 0.394 e. The van der Waals surface area contributed by atoms with Gasteiger partial charge >= 0.3 is 0 Å². The van der Waals surface area contributed by atoms with Crippen LogP contribution in [0.3, 0.4) is 0 Å². The summed E-state index contributed by atoms with van der Waals surface area (Å²) in [6.07, 6.45) is -0.425. The third-order valence-electron chi connectivity index (χ3n) is 1.68. The maximum Gasteiger partial charge on any atom is 0.0811 e. The predicted molar refractivity (Wildman–Crippen MR) is 53.3 cm³/mol. The molecule has 0 heterocycles. The second-order valence-electron chi connectivity index (χ2n) is 2.78. The molecule has 1 rings (SSSR count). The Morgan fingerprint density at radius 2 is 2.00 bits per heavy atom. The van der Waals surface area contributed by atoms with Crippen LogP contribution in [0.25, 0.3) is 0 Å². The summed E-state index contributed by atoms with van der Waals surface area (Å²) in [6, 6.07) is 5.05. The lowest BCUT2D eigenvalue weighted by Crippen LogP contribution is -2.15. The summed E-state index contributed by atoms with van der Waals surface area (Å²) in [5, 5.41) is 18.9. The number of halogens is 2. The van der Waals surface area contributed by atoms with E-state index < -0.39 is 6.10 Å². The fourth-order valence-electron chi connectivity index (χ4n) is 1.01. The number of aliphatic hydroxyl groups excluding tert-OH is 2. The molecule has 0 bridgehead atoms. The lowest BCUT2D eigenvalue weighted by atomic mass is 10.1. The molecule has 0 spiro atoms. The van der Waals surface area contributed by atoms with E-state index in [9.17, 15) is 0 Å². The second kappa shape index (κ2) is 4.82. The zero-order chi connectivity index (χ0) is 9.84. The summed E-state index contributed by atoms with van der Waals surface area (Å²) in [7, 11) is 0. The minimum Gasteiger partial charge on any atom is -0.394 e. The minimum absolute atomic E-state index is 0.265. The Morgan fingerprint density at radius 1 is 1.31 bits per heavy atom. The summed E-state index contributed by atoms with van der Waals surface area (Å²) < 4.78 is 0. The second-order valence-corrected chi connectivity index (χ2v) is 3.62. The molecule has 0 aliphatic rings. The van der Waals surface area contributed by atoms with Crippen LogP contribution in [-0.4, -0.2) is 22.9 Å². The molecule has 1 aromatic rings. The van der Waals surface area contributed by atoms with Crippen LogP contribution in [0.4, 0.5) is 0 Å². The molecule has 0 radical (unpaired) electrons. The summed E-state index contributed by atoms with van der Waals surface area (Å²) in [5.41, 5.74) is 0.785.